The number of hydrogen-bond acceptors (Lipinski definition) is 5. The van der Waals surface area contributed by atoms with Gasteiger partial charge in [-0.3, -0.25) is 14.9 Å². The molecule has 0 saturated carbocycles. The zero-order valence-corrected chi connectivity index (χ0v) is 10.6. The highest BCUT2D eigenvalue weighted by Crippen LogP contribution is 2.30. The molecule has 0 aliphatic heterocycles. The summed E-state index contributed by atoms with van der Waals surface area (Å²) in [6.07, 6.45) is 0.381. The van der Waals surface area contributed by atoms with Gasteiger partial charge in [-0.1, -0.05) is 0 Å². The maximum absolute atomic E-state index is 10.8. The van der Waals surface area contributed by atoms with Crippen molar-refractivity contribution in [3.8, 4) is 0 Å². The first kappa shape index (κ1) is 15.0. The van der Waals surface area contributed by atoms with E-state index in [1.807, 2.05) is 0 Å². The van der Waals surface area contributed by atoms with E-state index in [1.54, 1.807) is 0 Å². The molecule has 19 heavy (non-hydrogen) atoms. The van der Waals surface area contributed by atoms with Crippen molar-refractivity contribution in [3.05, 3.63) is 33.9 Å². The highest BCUT2D eigenvalue weighted by atomic mass is 32.2. The molecule has 2 N–H and O–H groups in total. The van der Waals surface area contributed by atoms with Crippen LogP contribution in [0.5, 0.6) is 0 Å². The van der Waals surface area contributed by atoms with E-state index in [0.717, 1.165) is 17.8 Å². The van der Waals surface area contributed by atoms with Gasteiger partial charge in [-0.2, -0.15) is 0 Å². The summed E-state index contributed by atoms with van der Waals surface area (Å²) in [6, 6.07) is 3.66. The van der Waals surface area contributed by atoms with E-state index in [1.165, 1.54) is 12.1 Å². The van der Waals surface area contributed by atoms with Crippen molar-refractivity contribution in [1.82, 2.24) is 0 Å². The lowest BCUT2D eigenvalue weighted by Gasteiger charge is -2.03. The van der Waals surface area contributed by atoms with Gasteiger partial charge in [0.1, 0.15) is 0 Å². The maximum Gasteiger partial charge on any atom is 0.335 e. The minimum atomic E-state index is -1.23. The van der Waals surface area contributed by atoms with E-state index in [9.17, 15) is 19.7 Å². The molecule has 0 heterocycles. The van der Waals surface area contributed by atoms with Gasteiger partial charge >= 0.3 is 11.9 Å². The van der Waals surface area contributed by atoms with Gasteiger partial charge in [0, 0.05) is 12.5 Å². The number of benzene rings is 1. The molecule has 7 nitrogen and oxygen atoms in total. The third kappa shape index (κ3) is 4.59. The van der Waals surface area contributed by atoms with Gasteiger partial charge in [0.15, 0.2) is 0 Å². The van der Waals surface area contributed by atoms with Crippen molar-refractivity contribution in [2.75, 3.05) is 5.75 Å². The fraction of sp³-hybridized carbons (Fsp3) is 0.273. The van der Waals surface area contributed by atoms with Crippen LogP contribution in [0.3, 0.4) is 0 Å². The van der Waals surface area contributed by atoms with Gasteiger partial charge in [0.25, 0.3) is 5.69 Å². The zero-order chi connectivity index (χ0) is 14.4. The highest BCUT2D eigenvalue weighted by molar-refractivity contribution is 7.99. The number of carbonyl (C=O) groups is 2. The van der Waals surface area contributed by atoms with Gasteiger partial charge in [-0.05, 0) is 24.3 Å². The molecule has 0 saturated heterocycles. The number of nitro benzene ring substituents is 1. The smallest absolute Gasteiger partial charge is 0.335 e. The third-order valence-corrected chi connectivity index (χ3v) is 3.34. The Labute approximate surface area is 112 Å². The molecule has 1 aromatic rings. The molecule has 0 unspecified atom stereocenters. The first-order valence-corrected chi connectivity index (χ1v) is 6.26. The second-order valence-corrected chi connectivity index (χ2v) is 4.73. The molecule has 0 radical (unpaired) electrons. The van der Waals surface area contributed by atoms with E-state index in [0.29, 0.717) is 17.1 Å². The summed E-state index contributed by atoms with van der Waals surface area (Å²) >= 11 is 1.14. The number of rotatable bonds is 7. The standard InChI is InChI=1S/C11H11NO6S/c13-10(14)2-1-5-19-9-4-3-7(11(15)16)6-8(9)12(17)18/h3-4,6H,1-2,5H2,(H,13,14)(H,15,16). The second kappa shape index (κ2) is 6.74. The Bertz CT molecular complexity index is 516. The Morgan fingerprint density at radius 3 is 2.53 bits per heavy atom. The van der Waals surface area contributed by atoms with Crippen molar-refractivity contribution in [1.29, 1.82) is 0 Å². The van der Waals surface area contributed by atoms with Gasteiger partial charge in [0.2, 0.25) is 0 Å². The van der Waals surface area contributed by atoms with E-state index < -0.39 is 16.9 Å². The molecule has 0 aromatic heterocycles. The average Bonchev–Trinajstić information content (AvgIpc) is 2.34. The summed E-state index contributed by atoms with van der Waals surface area (Å²) < 4.78 is 0. The number of nitro groups is 1. The second-order valence-electron chi connectivity index (χ2n) is 3.59. The summed E-state index contributed by atoms with van der Waals surface area (Å²) in [6.45, 7) is 0. The summed E-state index contributed by atoms with van der Waals surface area (Å²) in [5.41, 5.74) is -0.429. The number of aromatic carboxylic acids is 1. The Morgan fingerprint density at radius 1 is 1.32 bits per heavy atom. The number of nitrogens with zero attached hydrogens (tertiary/aromatic N) is 1. The number of thioether (sulfide) groups is 1. The minimum absolute atomic E-state index is 0.00595. The van der Waals surface area contributed by atoms with Crippen LogP contribution < -0.4 is 0 Å². The maximum atomic E-state index is 10.8. The van der Waals surface area contributed by atoms with Crippen LogP contribution in [-0.4, -0.2) is 32.8 Å². The van der Waals surface area contributed by atoms with E-state index >= 15 is 0 Å². The normalized spacial score (nSPS) is 10.1. The molecular formula is C11H11NO6S. The topological polar surface area (TPSA) is 118 Å². The van der Waals surface area contributed by atoms with Crippen LogP contribution in [0, 0.1) is 10.1 Å². The molecule has 0 aliphatic carbocycles. The van der Waals surface area contributed by atoms with Crippen LogP contribution in [0.2, 0.25) is 0 Å². The van der Waals surface area contributed by atoms with Gasteiger partial charge < -0.3 is 10.2 Å². The molecule has 102 valence electrons. The number of carboxylic acid groups (broad SMARTS) is 2. The van der Waals surface area contributed by atoms with Crippen LogP contribution >= 0.6 is 11.8 Å². The third-order valence-electron chi connectivity index (χ3n) is 2.20. The van der Waals surface area contributed by atoms with Crippen molar-refractivity contribution in [2.24, 2.45) is 0 Å². The number of hydrogen-bond donors (Lipinski definition) is 2. The fourth-order valence-electron chi connectivity index (χ4n) is 1.32. The number of carboxylic acids is 2. The monoisotopic (exact) mass is 285 g/mol. The molecule has 0 atom stereocenters. The predicted molar refractivity (Wildman–Crippen MR) is 67.6 cm³/mol. The van der Waals surface area contributed by atoms with Crippen LogP contribution in [0.15, 0.2) is 23.1 Å². The van der Waals surface area contributed by atoms with Crippen LogP contribution in [-0.2, 0) is 4.79 Å². The van der Waals surface area contributed by atoms with Crippen molar-refractivity contribution >= 4 is 29.4 Å². The molecule has 0 bridgehead atoms. The summed E-state index contributed by atoms with van der Waals surface area (Å²) in [5, 5.41) is 28.1. The van der Waals surface area contributed by atoms with Crippen molar-refractivity contribution in [3.63, 3.8) is 0 Å². The summed E-state index contributed by atoms with van der Waals surface area (Å²) in [7, 11) is 0. The molecule has 8 heteroatoms. The lowest BCUT2D eigenvalue weighted by Crippen LogP contribution is -2.00. The van der Waals surface area contributed by atoms with Gasteiger partial charge in [-0.25, -0.2) is 4.79 Å². The molecule has 0 spiro atoms. The summed E-state index contributed by atoms with van der Waals surface area (Å²) in [5.74, 6) is -1.73. The Balaban J connectivity index is 2.79. The van der Waals surface area contributed by atoms with E-state index in [4.69, 9.17) is 10.2 Å². The zero-order valence-electron chi connectivity index (χ0n) is 9.74. The first-order valence-electron chi connectivity index (χ1n) is 5.28. The highest BCUT2D eigenvalue weighted by Gasteiger charge is 2.17. The Hall–Kier alpha value is -2.09. The number of aliphatic carboxylic acids is 1. The lowest BCUT2D eigenvalue weighted by molar-refractivity contribution is -0.387. The molecule has 1 rings (SSSR count). The molecule has 0 amide bonds. The SMILES string of the molecule is O=C(O)CCCSc1ccc(C(=O)O)cc1[N+](=O)[O-]. The van der Waals surface area contributed by atoms with E-state index in [2.05, 4.69) is 0 Å². The average molecular weight is 285 g/mol. The minimum Gasteiger partial charge on any atom is -0.481 e. The largest absolute Gasteiger partial charge is 0.481 e. The summed E-state index contributed by atoms with van der Waals surface area (Å²) in [4.78, 5) is 31.6. The first-order chi connectivity index (χ1) is 8.91. The fourth-order valence-corrected chi connectivity index (χ4v) is 2.27. The Morgan fingerprint density at radius 2 is 2.00 bits per heavy atom. The Kier molecular flexibility index (Phi) is 5.31. The van der Waals surface area contributed by atoms with Crippen LogP contribution in [0.4, 0.5) is 5.69 Å². The molecule has 1 aromatic carbocycles. The molecular weight excluding hydrogens is 274 g/mol. The van der Waals surface area contributed by atoms with Crippen LogP contribution in [0.25, 0.3) is 0 Å². The van der Waals surface area contributed by atoms with Gasteiger partial charge in [-0.15, -0.1) is 11.8 Å². The molecule has 0 fully saturated rings. The predicted octanol–water partition coefficient (Wildman–Crippen LogP) is 2.25. The quantitative estimate of drug-likeness (QED) is 0.341. The van der Waals surface area contributed by atoms with Crippen molar-refractivity contribution in [2.45, 2.75) is 17.7 Å². The van der Waals surface area contributed by atoms with Crippen molar-refractivity contribution < 1.29 is 24.7 Å². The molecule has 0 aliphatic rings. The van der Waals surface area contributed by atoms with Crippen LogP contribution in [0.1, 0.15) is 23.2 Å². The van der Waals surface area contributed by atoms with E-state index in [-0.39, 0.29) is 17.7 Å². The van der Waals surface area contributed by atoms with Gasteiger partial charge in [0.05, 0.1) is 15.4 Å². The lowest BCUT2D eigenvalue weighted by atomic mass is 10.2.